The van der Waals surface area contributed by atoms with Crippen LogP contribution in [0.25, 0.3) is 33.2 Å². The average Bonchev–Trinajstić information content (AvgIpc) is 2.89. The van der Waals surface area contributed by atoms with Crippen molar-refractivity contribution in [2.24, 2.45) is 0 Å². The van der Waals surface area contributed by atoms with Crippen LogP contribution in [0.2, 0.25) is 26.2 Å². The molecule has 1 aromatic heterocycles. The summed E-state index contributed by atoms with van der Waals surface area (Å²) in [4.78, 5) is 5.09. The Morgan fingerprint density at radius 3 is 2.07 bits per heavy atom. The van der Waals surface area contributed by atoms with Crippen molar-refractivity contribution in [2.45, 2.75) is 26.2 Å². The highest BCUT2D eigenvalue weighted by atomic mass is 28.3. The second-order valence-electron chi connectivity index (χ2n) is 9.28. The molecule has 3 heteroatoms. The molecule has 0 fully saturated rings. The summed E-state index contributed by atoms with van der Waals surface area (Å²) in [5.41, 5.74) is 5.62. The fourth-order valence-corrected chi connectivity index (χ4v) is 12.3. The van der Waals surface area contributed by atoms with Gasteiger partial charge in [-0.25, -0.2) is 0 Å². The van der Waals surface area contributed by atoms with Crippen molar-refractivity contribution in [1.82, 2.24) is 4.98 Å². The molecule has 0 N–H and O–H groups in total. The van der Waals surface area contributed by atoms with Gasteiger partial charge in [-0.15, -0.1) is 0 Å². The molecule has 0 radical (unpaired) electrons. The molecule has 136 valence electrons. The zero-order valence-electron chi connectivity index (χ0n) is 16.8. The van der Waals surface area contributed by atoms with Crippen LogP contribution in [-0.4, -0.2) is 21.1 Å². The van der Waals surface area contributed by atoms with Gasteiger partial charge in [0.15, 0.2) is 0 Å². The minimum absolute atomic E-state index is 1.22. The van der Waals surface area contributed by atoms with Crippen LogP contribution < -0.4 is 20.7 Å². The lowest BCUT2D eigenvalue weighted by atomic mass is 9.96. The lowest BCUT2D eigenvalue weighted by Gasteiger charge is -2.28. The van der Waals surface area contributed by atoms with Gasteiger partial charge in [-0.3, -0.25) is 4.98 Å². The third kappa shape index (κ3) is 1.79. The summed E-state index contributed by atoms with van der Waals surface area (Å²) in [5.74, 6) is 0. The maximum atomic E-state index is 5.09. The molecule has 4 aromatic rings. The van der Waals surface area contributed by atoms with Gasteiger partial charge in [0.25, 0.3) is 0 Å². The number of benzene rings is 3. The summed E-state index contributed by atoms with van der Waals surface area (Å²) in [6.07, 6.45) is 2.08. The maximum Gasteiger partial charge on any atom is 0.116 e. The van der Waals surface area contributed by atoms with Gasteiger partial charge in [0.05, 0.1) is 5.69 Å². The number of fused-ring (bicyclic) bond motifs is 4. The highest BCUT2D eigenvalue weighted by Gasteiger charge is 2.46. The molecule has 0 atom stereocenters. The third-order valence-electron chi connectivity index (χ3n) is 7.08. The number of aromatic nitrogens is 1. The first-order valence-corrected chi connectivity index (χ1v) is 16.1. The standard InChI is InChI=1S/C25H23NSi2/c1-27(2)19-12-7-11-18-22(19)23-20(27)13-8-14-21(23)28(3,4)25-17-10-6-5-9-16(17)15-26-24(18)25/h5-15H,1-4H3. The predicted octanol–water partition coefficient (Wildman–Crippen LogP) is 3.84. The number of nitrogens with zero attached hydrogens (tertiary/aromatic N) is 1. The third-order valence-corrected chi connectivity index (χ3v) is 14.1. The van der Waals surface area contributed by atoms with Crippen molar-refractivity contribution in [3.05, 3.63) is 66.9 Å². The lowest BCUT2D eigenvalue weighted by molar-refractivity contribution is 1.37. The molecule has 6 rings (SSSR count). The molecule has 2 aliphatic rings. The van der Waals surface area contributed by atoms with Crippen molar-refractivity contribution < 1.29 is 0 Å². The van der Waals surface area contributed by atoms with Crippen LogP contribution in [0.1, 0.15) is 0 Å². The molecule has 1 nitrogen and oxygen atoms in total. The zero-order valence-corrected chi connectivity index (χ0v) is 18.8. The molecule has 0 aliphatic carbocycles. The van der Waals surface area contributed by atoms with E-state index >= 15 is 0 Å². The lowest BCUT2D eigenvalue weighted by Crippen LogP contribution is -2.56. The molecule has 0 unspecified atom stereocenters. The van der Waals surface area contributed by atoms with Gasteiger partial charge in [-0.1, -0.05) is 86.9 Å². The van der Waals surface area contributed by atoms with E-state index in [4.69, 9.17) is 4.98 Å². The Morgan fingerprint density at radius 1 is 0.643 bits per heavy atom. The van der Waals surface area contributed by atoms with Crippen LogP contribution in [0.15, 0.2) is 66.9 Å². The van der Waals surface area contributed by atoms with Gasteiger partial charge in [0, 0.05) is 11.8 Å². The van der Waals surface area contributed by atoms with E-state index in [1.54, 1.807) is 21.1 Å². The molecule has 0 saturated carbocycles. The zero-order chi connectivity index (χ0) is 19.3. The summed E-state index contributed by atoms with van der Waals surface area (Å²) in [6, 6.07) is 22.9. The maximum absolute atomic E-state index is 5.09. The fraction of sp³-hybridized carbons (Fsp3) is 0.160. The predicted molar refractivity (Wildman–Crippen MR) is 126 cm³/mol. The second-order valence-corrected chi connectivity index (χ2v) is 17.9. The normalized spacial score (nSPS) is 17.1. The van der Waals surface area contributed by atoms with Crippen LogP contribution in [0.4, 0.5) is 0 Å². The van der Waals surface area contributed by atoms with Gasteiger partial charge >= 0.3 is 0 Å². The minimum atomic E-state index is -1.95. The van der Waals surface area contributed by atoms with Gasteiger partial charge in [0.2, 0.25) is 0 Å². The van der Waals surface area contributed by atoms with Crippen LogP contribution in [0.5, 0.6) is 0 Å². The molecular weight excluding hydrogens is 370 g/mol. The number of pyridine rings is 1. The SMILES string of the molecule is C[Si]1(C)c2cccc3c2-c2c1cccc2[Si](C)(C)c1c-3ncc2ccccc12. The summed E-state index contributed by atoms with van der Waals surface area (Å²) in [6.45, 7) is 10.1. The molecule has 0 saturated heterocycles. The Morgan fingerprint density at radius 2 is 1.29 bits per heavy atom. The summed E-state index contributed by atoms with van der Waals surface area (Å²) >= 11 is 0. The molecule has 0 spiro atoms. The smallest absolute Gasteiger partial charge is 0.116 e. The van der Waals surface area contributed by atoms with Crippen molar-refractivity contribution in [3.63, 3.8) is 0 Å². The average molecular weight is 394 g/mol. The van der Waals surface area contributed by atoms with Crippen molar-refractivity contribution in [1.29, 1.82) is 0 Å². The van der Waals surface area contributed by atoms with Gasteiger partial charge in [0.1, 0.15) is 16.1 Å². The number of hydrogen-bond acceptors (Lipinski definition) is 1. The fourth-order valence-electron chi connectivity index (χ4n) is 5.68. The molecule has 3 heterocycles. The van der Waals surface area contributed by atoms with Crippen LogP contribution in [0, 0.1) is 0 Å². The van der Waals surface area contributed by atoms with E-state index in [-0.39, 0.29) is 0 Å². The summed E-state index contributed by atoms with van der Waals surface area (Å²) in [5, 5.41) is 8.93. The first kappa shape index (κ1) is 16.5. The molecule has 28 heavy (non-hydrogen) atoms. The quantitative estimate of drug-likeness (QED) is 0.414. The van der Waals surface area contributed by atoms with Crippen molar-refractivity contribution in [3.8, 4) is 22.4 Å². The van der Waals surface area contributed by atoms with Crippen molar-refractivity contribution >= 4 is 47.7 Å². The molecule has 0 amide bonds. The monoisotopic (exact) mass is 393 g/mol. The topological polar surface area (TPSA) is 12.9 Å². The van der Waals surface area contributed by atoms with Crippen LogP contribution in [0.3, 0.4) is 0 Å². The van der Waals surface area contributed by atoms with Crippen LogP contribution in [-0.2, 0) is 0 Å². The Kier molecular flexibility index (Phi) is 3.00. The molecular formula is C25H23NSi2. The van der Waals surface area contributed by atoms with E-state index in [1.807, 2.05) is 0 Å². The van der Waals surface area contributed by atoms with Gasteiger partial charge in [-0.05, 0) is 42.6 Å². The van der Waals surface area contributed by atoms with Gasteiger partial charge < -0.3 is 0 Å². The van der Waals surface area contributed by atoms with E-state index in [9.17, 15) is 0 Å². The minimum Gasteiger partial charge on any atom is -0.256 e. The highest BCUT2D eigenvalue weighted by molar-refractivity contribution is 7.08. The Balaban J connectivity index is 1.91. The van der Waals surface area contributed by atoms with E-state index in [0.717, 1.165) is 0 Å². The second kappa shape index (κ2) is 5.10. The molecule has 2 aliphatic heterocycles. The Hall–Kier alpha value is -2.50. The van der Waals surface area contributed by atoms with E-state index in [2.05, 4.69) is 93.0 Å². The van der Waals surface area contributed by atoms with E-state index in [0.29, 0.717) is 0 Å². The Bertz CT molecular complexity index is 1320. The molecule has 3 aromatic carbocycles. The summed E-state index contributed by atoms with van der Waals surface area (Å²) < 4.78 is 0. The molecule has 0 bridgehead atoms. The number of rotatable bonds is 0. The van der Waals surface area contributed by atoms with Gasteiger partial charge in [-0.2, -0.15) is 0 Å². The number of hydrogen-bond donors (Lipinski definition) is 0. The largest absolute Gasteiger partial charge is 0.256 e. The first-order chi connectivity index (χ1) is 13.4. The van der Waals surface area contributed by atoms with E-state index < -0.39 is 16.1 Å². The van der Waals surface area contributed by atoms with Crippen LogP contribution >= 0.6 is 0 Å². The van der Waals surface area contributed by atoms with E-state index in [1.165, 1.54) is 32.8 Å². The first-order valence-electron chi connectivity index (χ1n) is 10.1. The highest BCUT2D eigenvalue weighted by Crippen LogP contribution is 2.39. The Labute approximate surface area is 168 Å². The van der Waals surface area contributed by atoms with Crippen molar-refractivity contribution in [2.75, 3.05) is 0 Å². The summed E-state index contributed by atoms with van der Waals surface area (Å²) in [7, 11) is -3.61.